The lowest BCUT2D eigenvalue weighted by atomic mass is 10.1. The molecule has 1 aromatic rings. The van der Waals surface area contributed by atoms with Gasteiger partial charge in [0.2, 0.25) is 0 Å². The summed E-state index contributed by atoms with van der Waals surface area (Å²) in [4.78, 5) is 11.1. The van der Waals surface area contributed by atoms with E-state index in [1.165, 1.54) is 7.05 Å². The fourth-order valence-electron chi connectivity index (χ4n) is 0.947. The minimum Gasteiger partial charge on any atom is -0.398 e. The highest BCUT2D eigenvalue weighted by atomic mass is 127. The molecule has 0 unspecified atom stereocenters. The second-order valence-electron chi connectivity index (χ2n) is 2.53. The lowest BCUT2D eigenvalue weighted by molar-refractivity contribution is 0.0954. The summed E-state index contributed by atoms with van der Waals surface area (Å²) in [5.41, 5.74) is 4.69. The van der Waals surface area contributed by atoms with E-state index in [2.05, 4.69) is 5.32 Å². The highest BCUT2D eigenvalue weighted by Gasteiger charge is 2.20. The highest BCUT2D eigenvalue weighted by molar-refractivity contribution is 14.1. The smallest absolute Gasteiger partial charge is 0.257 e. The number of carbonyl (C=O) groups excluding carboxylic acids is 1. The van der Waals surface area contributed by atoms with Crippen LogP contribution in [0.1, 0.15) is 10.4 Å². The molecule has 1 rings (SSSR count). The first kappa shape index (κ1) is 11.2. The maximum atomic E-state index is 13.4. The van der Waals surface area contributed by atoms with Gasteiger partial charge in [0.1, 0.15) is 11.4 Å². The number of nitrogens with two attached hydrogens (primary N) is 1. The van der Waals surface area contributed by atoms with Crippen LogP contribution in [0.15, 0.2) is 6.07 Å². The number of anilines is 1. The third kappa shape index (κ3) is 1.79. The van der Waals surface area contributed by atoms with Crippen molar-refractivity contribution in [3.8, 4) is 0 Å². The van der Waals surface area contributed by atoms with Crippen LogP contribution in [0, 0.1) is 15.2 Å². The third-order valence-electron chi connectivity index (χ3n) is 1.64. The molecule has 0 aliphatic heterocycles. The van der Waals surface area contributed by atoms with Crippen LogP contribution in [-0.2, 0) is 0 Å². The van der Waals surface area contributed by atoms with Crippen molar-refractivity contribution in [3.05, 3.63) is 26.8 Å². The molecule has 0 radical (unpaired) electrons. The molecule has 6 heteroatoms. The lowest BCUT2D eigenvalue weighted by Crippen LogP contribution is -2.21. The van der Waals surface area contributed by atoms with Gasteiger partial charge in [-0.2, -0.15) is 0 Å². The molecule has 0 bridgehead atoms. The number of hydrogen-bond donors (Lipinski definition) is 2. The van der Waals surface area contributed by atoms with Crippen LogP contribution in [0.2, 0.25) is 0 Å². The van der Waals surface area contributed by atoms with E-state index < -0.39 is 23.1 Å². The Morgan fingerprint density at radius 3 is 2.64 bits per heavy atom. The largest absolute Gasteiger partial charge is 0.398 e. The van der Waals surface area contributed by atoms with E-state index in [9.17, 15) is 13.6 Å². The number of nitrogens with one attached hydrogen (secondary N) is 1. The maximum Gasteiger partial charge on any atom is 0.257 e. The van der Waals surface area contributed by atoms with Crippen LogP contribution >= 0.6 is 22.6 Å². The molecule has 0 aliphatic carbocycles. The van der Waals surface area contributed by atoms with E-state index >= 15 is 0 Å². The molecule has 14 heavy (non-hydrogen) atoms. The molecule has 3 N–H and O–H groups in total. The zero-order chi connectivity index (χ0) is 10.9. The standard InChI is InChI=1S/C8H7F2IN2O/c1-13-8(14)5-3(9)2-4(12)7(11)6(5)10/h2H,12H2,1H3,(H,13,14). The van der Waals surface area contributed by atoms with Crippen molar-refractivity contribution in [3.63, 3.8) is 0 Å². The Bertz CT molecular complexity index is 395. The van der Waals surface area contributed by atoms with Crippen molar-refractivity contribution >= 4 is 34.2 Å². The summed E-state index contributed by atoms with van der Waals surface area (Å²) in [5, 5.41) is 2.15. The Kier molecular flexibility index (Phi) is 3.25. The number of amides is 1. The Labute approximate surface area is 92.8 Å². The summed E-state index contributed by atoms with van der Waals surface area (Å²) in [6.07, 6.45) is 0. The summed E-state index contributed by atoms with van der Waals surface area (Å²) >= 11 is 1.61. The average molecular weight is 312 g/mol. The van der Waals surface area contributed by atoms with Gasteiger partial charge in [0.15, 0.2) is 5.82 Å². The molecule has 3 nitrogen and oxygen atoms in total. The number of rotatable bonds is 1. The SMILES string of the molecule is CNC(=O)c1c(F)cc(N)c(I)c1F. The molecular formula is C8H7F2IN2O. The van der Waals surface area contributed by atoms with Crippen LogP contribution in [0.3, 0.4) is 0 Å². The summed E-state index contributed by atoms with van der Waals surface area (Å²) in [7, 11) is 1.30. The Hall–Kier alpha value is -0.920. The van der Waals surface area contributed by atoms with Crippen molar-refractivity contribution in [1.82, 2.24) is 5.32 Å². The molecule has 0 aromatic heterocycles. The summed E-state index contributed by atoms with van der Waals surface area (Å²) in [5.74, 6) is -2.69. The van der Waals surface area contributed by atoms with Crippen LogP contribution in [0.5, 0.6) is 0 Å². The second kappa shape index (κ2) is 4.07. The summed E-state index contributed by atoms with van der Waals surface area (Å²) < 4.78 is 26.6. The van der Waals surface area contributed by atoms with Crippen molar-refractivity contribution < 1.29 is 13.6 Å². The lowest BCUT2D eigenvalue weighted by Gasteiger charge is -2.07. The molecule has 0 aliphatic rings. The number of carbonyl (C=O) groups is 1. The first-order valence-electron chi connectivity index (χ1n) is 3.64. The van der Waals surface area contributed by atoms with E-state index in [-0.39, 0.29) is 9.26 Å². The van der Waals surface area contributed by atoms with E-state index in [1.807, 2.05) is 0 Å². The third-order valence-corrected chi connectivity index (χ3v) is 2.74. The quantitative estimate of drug-likeness (QED) is 0.469. The summed E-state index contributed by atoms with van der Waals surface area (Å²) in [6.45, 7) is 0. The van der Waals surface area contributed by atoms with Crippen LogP contribution in [0.25, 0.3) is 0 Å². The van der Waals surface area contributed by atoms with Gasteiger partial charge in [-0.1, -0.05) is 0 Å². The number of halogens is 3. The Morgan fingerprint density at radius 1 is 1.57 bits per heavy atom. The van der Waals surface area contributed by atoms with Gasteiger partial charge in [-0.05, 0) is 28.7 Å². The highest BCUT2D eigenvalue weighted by Crippen LogP contribution is 2.24. The van der Waals surface area contributed by atoms with Crippen molar-refractivity contribution in [2.75, 3.05) is 12.8 Å². The molecule has 0 atom stereocenters. The van der Waals surface area contributed by atoms with Gasteiger partial charge in [0.25, 0.3) is 5.91 Å². The normalized spacial score (nSPS) is 10.0. The minimum atomic E-state index is -0.959. The zero-order valence-corrected chi connectivity index (χ0v) is 9.35. The molecule has 0 fully saturated rings. The number of hydrogen-bond acceptors (Lipinski definition) is 2. The van der Waals surface area contributed by atoms with Gasteiger partial charge in [0, 0.05) is 7.05 Å². The van der Waals surface area contributed by atoms with Crippen molar-refractivity contribution in [1.29, 1.82) is 0 Å². The average Bonchev–Trinajstić information content (AvgIpc) is 2.14. The van der Waals surface area contributed by atoms with Gasteiger partial charge >= 0.3 is 0 Å². The van der Waals surface area contributed by atoms with E-state index in [1.54, 1.807) is 22.6 Å². The van der Waals surface area contributed by atoms with Gasteiger partial charge in [-0.25, -0.2) is 8.78 Å². The maximum absolute atomic E-state index is 13.4. The zero-order valence-electron chi connectivity index (χ0n) is 7.20. The fraction of sp³-hybridized carbons (Fsp3) is 0.125. The fourth-order valence-corrected chi connectivity index (χ4v) is 1.37. The molecule has 0 saturated carbocycles. The van der Waals surface area contributed by atoms with Crippen LogP contribution in [-0.4, -0.2) is 13.0 Å². The monoisotopic (exact) mass is 312 g/mol. The molecule has 1 aromatic carbocycles. The van der Waals surface area contributed by atoms with E-state index in [0.717, 1.165) is 6.07 Å². The van der Waals surface area contributed by atoms with Crippen LogP contribution < -0.4 is 11.1 Å². The second-order valence-corrected chi connectivity index (χ2v) is 3.61. The minimum absolute atomic E-state index is 0.0201. The first-order valence-corrected chi connectivity index (χ1v) is 4.72. The first-order chi connectivity index (χ1) is 6.49. The number of nitrogen functional groups attached to an aromatic ring is 1. The van der Waals surface area contributed by atoms with Crippen LogP contribution in [0.4, 0.5) is 14.5 Å². The molecule has 0 spiro atoms. The number of benzene rings is 1. The van der Waals surface area contributed by atoms with Gasteiger partial charge in [-0.15, -0.1) is 0 Å². The van der Waals surface area contributed by atoms with Gasteiger partial charge in [0.05, 0.1) is 9.26 Å². The predicted octanol–water partition coefficient (Wildman–Crippen LogP) is 1.51. The van der Waals surface area contributed by atoms with Gasteiger partial charge < -0.3 is 11.1 Å². The van der Waals surface area contributed by atoms with Crippen molar-refractivity contribution in [2.24, 2.45) is 0 Å². The molecular weight excluding hydrogens is 305 g/mol. The van der Waals surface area contributed by atoms with E-state index in [0.29, 0.717) is 0 Å². The Balaban J connectivity index is 3.44. The summed E-state index contributed by atoms with van der Waals surface area (Å²) in [6, 6.07) is 0.926. The van der Waals surface area contributed by atoms with Gasteiger partial charge in [-0.3, -0.25) is 4.79 Å². The Morgan fingerprint density at radius 2 is 2.14 bits per heavy atom. The molecule has 76 valence electrons. The predicted molar refractivity (Wildman–Crippen MR) is 56.9 cm³/mol. The molecule has 0 heterocycles. The van der Waals surface area contributed by atoms with Crippen molar-refractivity contribution in [2.45, 2.75) is 0 Å². The topological polar surface area (TPSA) is 55.1 Å². The molecule has 1 amide bonds. The molecule has 0 saturated heterocycles. The van der Waals surface area contributed by atoms with E-state index in [4.69, 9.17) is 5.73 Å².